The minimum Gasteiger partial charge on any atom is -0.496 e. The van der Waals surface area contributed by atoms with Gasteiger partial charge in [-0.3, -0.25) is 14.5 Å². The Labute approximate surface area is 180 Å². The van der Waals surface area contributed by atoms with Crippen LogP contribution >= 0.6 is 11.6 Å². The highest BCUT2D eigenvalue weighted by atomic mass is 35.5. The predicted octanol–water partition coefficient (Wildman–Crippen LogP) is 2.95. The second-order valence-corrected chi connectivity index (χ2v) is 7.57. The number of hydrogen-bond acceptors (Lipinski definition) is 4. The number of nitrogens with zero attached hydrogens (tertiary/aromatic N) is 2. The standard InChI is InChI=1S/C22H25ClFN3O3/c1-15(21(28)25-14-16-5-3-4-6-20(16)30-2)26-9-11-27(12-10-26)22(29)18-8-7-17(24)13-19(18)23/h3-8,13,15H,9-12,14H2,1-2H3,(H,25,28). The van der Waals surface area contributed by atoms with E-state index >= 15 is 0 Å². The molecule has 1 aliphatic heterocycles. The largest absolute Gasteiger partial charge is 0.496 e. The average molecular weight is 434 g/mol. The van der Waals surface area contributed by atoms with Crippen molar-refractivity contribution >= 4 is 23.4 Å². The quantitative estimate of drug-likeness (QED) is 0.760. The summed E-state index contributed by atoms with van der Waals surface area (Å²) in [6.45, 7) is 4.30. The Morgan fingerprint density at radius 1 is 1.17 bits per heavy atom. The fourth-order valence-electron chi connectivity index (χ4n) is 3.49. The number of benzene rings is 2. The van der Waals surface area contributed by atoms with Gasteiger partial charge in [0.2, 0.25) is 5.91 Å². The van der Waals surface area contributed by atoms with Gasteiger partial charge in [0.1, 0.15) is 11.6 Å². The highest BCUT2D eigenvalue weighted by Gasteiger charge is 2.28. The number of hydrogen-bond donors (Lipinski definition) is 1. The lowest BCUT2D eigenvalue weighted by Crippen LogP contribution is -2.54. The highest BCUT2D eigenvalue weighted by molar-refractivity contribution is 6.33. The molecule has 1 heterocycles. The zero-order chi connectivity index (χ0) is 21.7. The lowest BCUT2D eigenvalue weighted by atomic mass is 10.1. The number of para-hydroxylation sites is 1. The SMILES string of the molecule is COc1ccccc1CNC(=O)C(C)N1CCN(C(=O)c2ccc(F)cc2Cl)CC1. The number of rotatable bonds is 6. The summed E-state index contributed by atoms with van der Waals surface area (Å²) in [4.78, 5) is 29.0. The Kier molecular flexibility index (Phi) is 7.29. The van der Waals surface area contributed by atoms with Crippen LogP contribution in [0.3, 0.4) is 0 Å². The lowest BCUT2D eigenvalue weighted by molar-refractivity contribution is -0.126. The van der Waals surface area contributed by atoms with Crippen LogP contribution in [0.4, 0.5) is 4.39 Å². The summed E-state index contributed by atoms with van der Waals surface area (Å²) in [7, 11) is 1.60. The van der Waals surface area contributed by atoms with Crippen LogP contribution in [0, 0.1) is 5.82 Å². The Bertz CT molecular complexity index is 916. The Hall–Kier alpha value is -2.64. The van der Waals surface area contributed by atoms with Crippen LogP contribution in [0.1, 0.15) is 22.8 Å². The molecule has 2 aromatic rings. The van der Waals surface area contributed by atoms with Gasteiger partial charge in [-0.05, 0) is 31.2 Å². The first kappa shape index (κ1) is 22.1. The van der Waals surface area contributed by atoms with Crippen molar-refractivity contribution < 1.29 is 18.7 Å². The van der Waals surface area contributed by atoms with E-state index in [1.54, 1.807) is 12.0 Å². The third-order valence-electron chi connectivity index (χ3n) is 5.34. The number of methoxy groups -OCH3 is 1. The topological polar surface area (TPSA) is 61.9 Å². The van der Waals surface area contributed by atoms with E-state index in [1.165, 1.54) is 12.1 Å². The van der Waals surface area contributed by atoms with Gasteiger partial charge in [0, 0.05) is 38.3 Å². The molecule has 0 saturated carbocycles. The van der Waals surface area contributed by atoms with Gasteiger partial charge in [0.25, 0.3) is 5.91 Å². The number of halogens is 2. The molecular formula is C22H25ClFN3O3. The number of carbonyl (C=O) groups excluding carboxylic acids is 2. The van der Waals surface area contributed by atoms with Crippen LogP contribution in [0.5, 0.6) is 5.75 Å². The third kappa shape index (κ3) is 5.09. The maximum Gasteiger partial charge on any atom is 0.255 e. The summed E-state index contributed by atoms with van der Waals surface area (Å²) in [6.07, 6.45) is 0. The molecule has 1 atom stereocenters. The first-order valence-electron chi connectivity index (χ1n) is 9.78. The minimum atomic E-state index is -0.477. The molecule has 1 fully saturated rings. The van der Waals surface area contributed by atoms with E-state index in [1.807, 2.05) is 36.1 Å². The molecule has 3 rings (SSSR count). The smallest absolute Gasteiger partial charge is 0.255 e. The molecule has 0 radical (unpaired) electrons. The highest BCUT2D eigenvalue weighted by Crippen LogP contribution is 2.20. The molecule has 0 aromatic heterocycles. The first-order valence-corrected chi connectivity index (χ1v) is 10.2. The summed E-state index contributed by atoms with van der Waals surface area (Å²) in [5.74, 6) is -0.0541. The van der Waals surface area contributed by atoms with Gasteiger partial charge in [-0.25, -0.2) is 4.39 Å². The number of amides is 2. The Morgan fingerprint density at radius 2 is 1.87 bits per heavy atom. The van der Waals surface area contributed by atoms with E-state index in [4.69, 9.17) is 16.3 Å². The van der Waals surface area contributed by atoms with E-state index in [2.05, 4.69) is 5.32 Å². The number of carbonyl (C=O) groups is 2. The van der Waals surface area contributed by atoms with Crippen molar-refractivity contribution in [3.63, 3.8) is 0 Å². The van der Waals surface area contributed by atoms with Crippen molar-refractivity contribution in [2.75, 3.05) is 33.3 Å². The van der Waals surface area contributed by atoms with Gasteiger partial charge in [-0.15, -0.1) is 0 Å². The van der Waals surface area contributed by atoms with E-state index in [0.29, 0.717) is 32.7 Å². The van der Waals surface area contributed by atoms with Gasteiger partial charge in [-0.1, -0.05) is 29.8 Å². The molecule has 1 unspecified atom stereocenters. The molecular weight excluding hydrogens is 409 g/mol. The molecule has 8 heteroatoms. The maximum atomic E-state index is 13.2. The zero-order valence-corrected chi connectivity index (χ0v) is 17.8. The van der Waals surface area contributed by atoms with Gasteiger partial charge in [0.15, 0.2) is 0 Å². The molecule has 160 valence electrons. The van der Waals surface area contributed by atoms with Crippen molar-refractivity contribution in [2.24, 2.45) is 0 Å². The Morgan fingerprint density at radius 3 is 2.53 bits per heavy atom. The van der Waals surface area contributed by atoms with Gasteiger partial charge in [-0.2, -0.15) is 0 Å². The summed E-state index contributed by atoms with van der Waals surface area (Å²) in [5.41, 5.74) is 1.20. The molecule has 30 heavy (non-hydrogen) atoms. The van der Waals surface area contributed by atoms with Gasteiger partial charge >= 0.3 is 0 Å². The van der Waals surface area contributed by atoms with Crippen LogP contribution in [0.15, 0.2) is 42.5 Å². The first-order chi connectivity index (χ1) is 14.4. The number of ether oxygens (including phenoxy) is 1. The van der Waals surface area contributed by atoms with Gasteiger partial charge in [0.05, 0.1) is 23.7 Å². The fourth-order valence-corrected chi connectivity index (χ4v) is 3.74. The number of nitrogens with one attached hydrogen (secondary N) is 1. The van der Waals surface area contributed by atoms with Gasteiger partial charge < -0.3 is 15.0 Å². The van der Waals surface area contributed by atoms with E-state index in [0.717, 1.165) is 17.4 Å². The molecule has 0 aliphatic carbocycles. The van der Waals surface area contributed by atoms with Crippen LogP contribution < -0.4 is 10.1 Å². The van der Waals surface area contributed by atoms with E-state index in [-0.39, 0.29) is 28.4 Å². The molecule has 1 saturated heterocycles. The maximum absolute atomic E-state index is 13.2. The molecule has 1 N–H and O–H groups in total. The van der Waals surface area contributed by atoms with Crippen molar-refractivity contribution in [3.05, 3.63) is 64.4 Å². The fraction of sp³-hybridized carbons (Fsp3) is 0.364. The molecule has 2 amide bonds. The van der Waals surface area contributed by atoms with Crippen molar-refractivity contribution in [3.8, 4) is 5.75 Å². The molecule has 1 aliphatic rings. The molecule has 2 aromatic carbocycles. The zero-order valence-electron chi connectivity index (χ0n) is 17.0. The molecule has 6 nitrogen and oxygen atoms in total. The summed E-state index contributed by atoms with van der Waals surface area (Å²) < 4.78 is 18.5. The average Bonchev–Trinajstić information content (AvgIpc) is 2.76. The summed E-state index contributed by atoms with van der Waals surface area (Å²) in [5, 5.41) is 3.05. The van der Waals surface area contributed by atoms with Crippen LogP contribution in [0.25, 0.3) is 0 Å². The van der Waals surface area contributed by atoms with Crippen LogP contribution in [-0.2, 0) is 11.3 Å². The Balaban J connectivity index is 1.52. The normalized spacial score (nSPS) is 15.5. The van der Waals surface area contributed by atoms with Crippen LogP contribution in [-0.4, -0.2) is 60.9 Å². The van der Waals surface area contributed by atoms with Crippen molar-refractivity contribution in [1.29, 1.82) is 0 Å². The van der Waals surface area contributed by atoms with Crippen molar-refractivity contribution in [1.82, 2.24) is 15.1 Å². The number of piperazine rings is 1. The van der Waals surface area contributed by atoms with Crippen LogP contribution in [0.2, 0.25) is 5.02 Å². The minimum absolute atomic E-state index is 0.0812. The monoisotopic (exact) mass is 433 g/mol. The summed E-state index contributed by atoms with van der Waals surface area (Å²) in [6, 6.07) is 11.0. The summed E-state index contributed by atoms with van der Waals surface area (Å²) >= 11 is 6.01. The molecule has 0 spiro atoms. The predicted molar refractivity (Wildman–Crippen MR) is 113 cm³/mol. The van der Waals surface area contributed by atoms with E-state index < -0.39 is 5.82 Å². The van der Waals surface area contributed by atoms with E-state index in [9.17, 15) is 14.0 Å². The second-order valence-electron chi connectivity index (χ2n) is 7.16. The third-order valence-corrected chi connectivity index (χ3v) is 5.65. The lowest BCUT2D eigenvalue weighted by Gasteiger charge is -2.37. The molecule has 0 bridgehead atoms. The second kappa shape index (κ2) is 9.91. The van der Waals surface area contributed by atoms with Crippen molar-refractivity contribution in [2.45, 2.75) is 19.5 Å².